The number of rotatable bonds is 1. The summed E-state index contributed by atoms with van der Waals surface area (Å²) in [5.74, 6) is -1.75. The number of imide groups is 2. The number of amides is 5. The van der Waals surface area contributed by atoms with E-state index in [9.17, 15) is 24.0 Å². The summed E-state index contributed by atoms with van der Waals surface area (Å²) in [5, 5.41) is 2.19. The molecule has 9 nitrogen and oxygen atoms in total. The largest absolute Gasteiger partial charge is 0.444 e. The molecular weight excluding hydrogens is 354 g/mol. The minimum absolute atomic E-state index is 0.0335. The summed E-state index contributed by atoms with van der Waals surface area (Å²) in [4.78, 5) is 63.7. The van der Waals surface area contributed by atoms with Crippen LogP contribution in [0.2, 0.25) is 0 Å². The quantitative estimate of drug-likeness (QED) is 0.667. The normalized spacial score (nSPS) is 25.8. The summed E-state index contributed by atoms with van der Waals surface area (Å²) in [6.45, 7) is 5.99. The van der Waals surface area contributed by atoms with Gasteiger partial charge in [0.15, 0.2) is 0 Å². The predicted octanol–water partition coefficient (Wildman–Crippen LogP) is 0.568. The van der Waals surface area contributed by atoms with Gasteiger partial charge in [-0.05, 0) is 40.0 Å². The SMILES string of the molecule is CC(C)(C)OC(=O)N1CCC2(CC1)CC(=O)N(C1CCC(=O)NC1=O)C2=O. The smallest absolute Gasteiger partial charge is 0.410 e. The van der Waals surface area contributed by atoms with Crippen molar-refractivity contribution < 1.29 is 28.7 Å². The Morgan fingerprint density at radius 1 is 1.15 bits per heavy atom. The van der Waals surface area contributed by atoms with Crippen LogP contribution >= 0.6 is 0 Å². The molecule has 3 saturated heterocycles. The van der Waals surface area contributed by atoms with Gasteiger partial charge in [0.1, 0.15) is 11.6 Å². The number of hydrogen-bond acceptors (Lipinski definition) is 6. The second kappa shape index (κ2) is 6.61. The highest BCUT2D eigenvalue weighted by atomic mass is 16.6. The molecule has 0 bridgehead atoms. The average Bonchev–Trinajstić information content (AvgIpc) is 2.78. The Kier molecular flexibility index (Phi) is 4.73. The Bertz CT molecular complexity index is 702. The first-order valence-corrected chi connectivity index (χ1v) is 9.21. The molecule has 1 N–H and O–H groups in total. The molecule has 9 heteroatoms. The molecular formula is C18H25N3O6. The molecule has 0 aliphatic carbocycles. The first-order valence-electron chi connectivity index (χ1n) is 9.21. The van der Waals surface area contributed by atoms with E-state index in [2.05, 4.69) is 5.32 Å². The van der Waals surface area contributed by atoms with Crippen LogP contribution in [0.25, 0.3) is 0 Å². The van der Waals surface area contributed by atoms with Crippen LogP contribution in [0, 0.1) is 5.41 Å². The van der Waals surface area contributed by atoms with E-state index in [1.165, 1.54) is 0 Å². The fourth-order valence-electron chi connectivity index (χ4n) is 3.90. The van der Waals surface area contributed by atoms with Gasteiger partial charge in [-0.1, -0.05) is 0 Å². The van der Waals surface area contributed by atoms with Crippen molar-refractivity contribution in [3.05, 3.63) is 0 Å². The Morgan fingerprint density at radius 2 is 1.78 bits per heavy atom. The van der Waals surface area contributed by atoms with Gasteiger partial charge in [0.05, 0.1) is 5.41 Å². The molecule has 3 aliphatic rings. The Morgan fingerprint density at radius 3 is 2.33 bits per heavy atom. The van der Waals surface area contributed by atoms with E-state index in [4.69, 9.17) is 4.74 Å². The van der Waals surface area contributed by atoms with Crippen molar-refractivity contribution in [2.24, 2.45) is 5.41 Å². The van der Waals surface area contributed by atoms with Gasteiger partial charge >= 0.3 is 6.09 Å². The van der Waals surface area contributed by atoms with Gasteiger partial charge in [-0.3, -0.25) is 29.4 Å². The zero-order valence-corrected chi connectivity index (χ0v) is 15.9. The topological polar surface area (TPSA) is 113 Å². The van der Waals surface area contributed by atoms with E-state index < -0.39 is 35.0 Å². The number of carbonyl (C=O) groups is 5. The third-order valence-electron chi connectivity index (χ3n) is 5.32. The molecule has 1 atom stereocenters. The van der Waals surface area contributed by atoms with E-state index in [-0.39, 0.29) is 31.1 Å². The van der Waals surface area contributed by atoms with Gasteiger partial charge < -0.3 is 9.64 Å². The number of ether oxygens (including phenoxy) is 1. The highest BCUT2D eigenvalue weighted by molar-refractivity contribution is 6.11. The first-order chi connectivity index (χ1) is 12.5. The maximum absolute atomic E-state index is 13.0. The third kappa shape index (κ3) is 3.68. The van der Waals surface area contributed by atoms with Crippen molar-refractivity contribution in [1.82, 2.24) is 15.1 Å². The molecule has 0 aromatic heterocycles. The van der Waals surface area contributed by atoms with Crippen LogP contribution in [0.4, 0.5) is 4.79 Å². The molecule has 27 heavy (non-hydrogen) atoms. The summed E-state index contributed by atoms with van der Waals surface area (Å²) in [6, 6.07) is -0.925. The van der Waals surface area contributed by atoms with Crippen LogP contribution in [0.15, 0.2) is 0 Å². The molecule has 0 aromatic rings. The van der Waals surface area contributed by atoms with Crippen LogP contribution in [0.5, 0.6) is 0 Å². The van der Waals surface area contributed by atoms with E-state index >= 15 is 0 Å². The van der Waals surface area contributed by atoms with Crippen molar-refractivity contribution in [3.8, 4) is 0 Å². The molecule has 3 heterocycles. The molecule has 0 radical (unpaired) electrons. The zero-order chi connectivity index (χ0) is 20.0. The van der Waals surface area contributed by atoms with Crippen LogP contribution < -0.4 is 5.32 Å². The summed E-state index contributed by atoms with van der Waals surface area (Å²) >= 11 is 0. The molecule has 1 spiro atoms. The zero-order valence-electron chi connectivity index (χ0n) is 15.9. The van der Waals surface area contributed by atoms with Crippen LogP contribution in [0.1, 0.15) is 52.9 Å². The van der Waals surface area contributed by atoms with Gasteiger partial charge in [-0.2, -0.15) is 0 Å². The molecule has 3 rings (SSSR count). The van der Waals surface area contributed by atoms with E-state index in [0.717, 1.165) is 4.90 Å². The van der Waals surface area contributed by atoms with Gasteiger partial charge in [0.2, 0.25) is 23.6 Å². The Balaban J connectivity index is 1.68. The van der Waals surface area contributed by atoms with E-state index in [1.807, 2.05) is 0 Å². The van der Waals surface area contributed by atoms with E-state index in [0.29, 0.717) is 25.9 Å². The average molecular weight is 379 g/mol. The van der Waals surface area contributed by atoms with Gasteiger partial charge in [0, 0.05) is 25.9 Å². The maximum Gasteiger partial charge on any atom is 0.410 e. The molecule has 1 unspecified atom stereocenters. The van der Waals surface area contributed by atoms with Gasteiger partial charge in [0.25, 0.3) is 0 Å². The number of carbonyl (C=O) groups excluding carboxylic acids is 5. The summed E-state index contributed by atoms with van der Waals surface area (Å²) in [6.07, 6.45) is 0.554. The Labute approximate surface area is 157 Å². The number of nitrogens with zero attached hydrogens (tertiary/aromatic N) is 2. The maximum atomic E-state index is 13.0. The molecule has 0 aromatic carbocycles. The van der Waals surface area contributed by atoms with Crippen molar-refractivity contribution in [2.45, 2.75) is 64.5 Å². The van der Waals surface area contributed by atoms with Crippen molar-refractivity contribution >= 4 is 29.7 Å². The van der Waals surface area contributed by atoms with Crippen LogP contribution in [-0.4, -0.2) is 64.3 Å². The number of piperidine rings is 2. The molecule has 3 fully saturated rings. The van der Waals surface area contributed by atoms with E-state index in [1.54, 1.807) is 25.7 Å². The summed E-state index contributed by atoms with van der Waals surface area (Å²) in [5.41, 5.74) is -1.48. The second-order valence-electron chi connectivity index (χ2n) is 8.46. The summed E-state index contributed by atoms with van der Waals surface area (Å²) < 4.78 is 5.36. The molecule has 3 aliphatic heterocycles. The second-order valence-corrected chi connectivity index (χ2v) is 8.46. The van der Waals surface area contributed by atoms with Crippen molar-refractivity contribution in [1.29, 1.82) is 0 Å². The monoisotopic (exact) mass is 379 g/mol. The number of nitrogens with one attached hydrogen (secondary N) is 1. The molecule has 5 amide bonds. The highest BCUT2D eigenvalue weighted by Gasteiger charge is 2.56. The van der Waals surface area contributed by atoms with Crippen LogP contribution in [0.3, 0.4) is 0 Å². The van der Waals surface area contributed by atoms with Gasteiger partial charge in [-0.25, -0.2) is 4.79 Å². The highest BCUT2D eigenvalue weighted by Crippen LogP contribution is 2.43. The lowest BCUT2D eigenvalue weighted by Gasteiger charge is -2.38. The molecule has 148 valence electrons. The third-order valence-corrected chi connectivity index (χ3v) is 5.32. The number of likely N-dealkylation sites (tertiary alicyclic amines) is 2. The number of hydrogen-bond donors (Lipinski definition) is 1. The first kappa shape index (κ1) is 19.3. The predicted molar refractivity (Wildman–Crippen MR) is 92.1 cm³/mol. The lowest BCUT2D eigenvalue weighted by atomic mass is 9.77. The fraction of sp³-hybridized carbons (Fsp3) is 0.722. The summed E-state index contributed by atoms with van der Waals surface area (Å²) in [7, 11) is 0. The fourth-order valence-corrected chi connectivity index (χ4v) is 3.90. The van der Waals surface area contributed by atoms with Gasteiger partial charge in [-0.15, -0.1) is 0 Å². The van der Waals surface area contributed by atoms with Crippen molar-refractivity contribution in [2.75, 3.05) is 13.1 Å². The van der Waals surface area contributed by atoms with Crippen LogP contribution in [-0.2, 0) is 23.9 Å². The van der Waals surface area contributed by atoms with Crippen molar-refractivity contribution in [3.63, 3.8) is 0 Å². The minimum Gasteiger partial charge on any atom is -0.444 e. The minimum atomic E-state index is -0.925. The standard InChI is InChI=1S/C18H25N3O6/c1-17(2,3)27-16(26)20-8-6-18(7-9-20)10-13(23)21(15(18)25)11-4-5-12(22)19-14(11)24/h11H,4-10H2,1-3H3,(H,19,22,24). The Hall–Kier alpha value is -2.45. The lowest BCUT2D eigenvalue weighted by Crippen LogP contribution is -2.55. The molecule has 0 saturated carbocycles. The lowest BCUT2D eigenvalue weighted by molar-refractivity contribution is -0.153.